The summed E-state index contributed by atoms with van der Waals surface area (Å²) in [5, 5.41) is 0.590. The van der Waals surface area contributed by atoms with Crippen LogP contribution < -0.4 is 0 Å². The van der Waals surface area contributed by atoms with Crippen LogP contribution in [0.25, 0.3) is 6.08 Å². The van der Waals surface area contributed by atoms with Gasteiger partial charge in [-0.3, -0.25) is 14.5 Å². The maximum Gasteiger partial charge on any atom is 0.266 e. The van der Waals surface area contributed by atoms with Gasteiger partial charge in [-0.2, -0.15) is 0 Å². The first kappa shape index (κ1) is 19.4. The molecule has 0 unspecified atom stereocenters. The van der Waals surface area contributed by atoms with Gasteiger partial charge in [-0.15, -0.1) is 0 Å². The average molecular weight is 409 g/mol. The van der Waals surface area contributed by atoms with E-state index in [0.717, 1.165) is 31.5 Å². The molecule has 2 heterocycles. The summed E-state index contributed by atoms with van der Waals surface area (Å²) in [4.78, 5) is 29.0. The first-order valence-corrected chi connectivity index (χ1v) is 10.3. The van der Waals surface area contributed by atoms with Crippen LogP contribution in [0.15, 0.2) is 29.2 Å². The first-order chi connectivity index (χ1) is 12.5. The lowest BCUT2D eigenvalue weighted by molar-refractivity contribution is -0.133. The Hall–Kier alpha value is -1.37. The molecule has 0 aromatic heterocycles. The molecule has 0 aliphatic carbocycles. The predicted octanol–water partition coefficient (Wildman–Crippen LogP) is 4.19. The zero-order valence-corrected chi connectivity index (χ0v) is 17.0. The van der Waals surface area contributed by atoms with Crippen LogP contribution in [0.3, 0.4) is 0 Å². The Balaban J connectivity index is 1.61. The molecule has 2 amide bonds. The Morgan fingerprint density at radius 1 is 1.35 bits per heavy atom. The van der Waals surface area contributed by atoms with Crippen LogP contribution in [-0.2, 0) is 9.59 Å². The molecule has 1 aromatic carbocycles. The van der Waals surface area contributed by atoms with Crippen molar-refractivity contribution in [1.29, 1.82) is 0 Å². The van der Waals surface area contributed by atoms with Gasteiger partial charge in [0.05, 0.1) is 4.91 Å². The number of nitrogens with zero attached hydrogens (tertiary/aromatic N) is 2. The van der Waals surface area contributed by atoms with Crippen molar-refractivity contribution < 1.29 is 9.59 Å². The largest absolute Gasteiger partial charge is 0.343 e. The Bertz CT molecular complexity index is 758. The highest BCUT2D eigenvalue weighted by Crippen LogP contribution is 2.33. The number of likely N-dealkylation sites (tertiary alicyclic amines) is 1. The summed E-state index contributed by atoms with van der Waals surface area (Å²) in [6.45, 7) is 4.16. The van der Waals surface area contributed by atoms with E-state index in [1.54, 1.807) is 12.1 Å². The van der Waals surface area contributed by atoms with E-state index < -0.39 is 0 Å². The predicted molar refractivity (Wildman–Crippen MR) is 111 cm³/mol. The molecule has 138 valence electrons. The normalized spacial score (nSPS) is 20.3. The summed E-state index contributed by atoms with van der Waals surface area (Å²) in [5.74, 6) is 0.627. The molecule has 7 heteroatoms. The molecule has 0 radical (unpaired) electrons. The lowest BCUT2D eigenvalue weighted by Crippen LogP contribution is -2.40. The average Bonchev–Trinajstić information content (AvgIpc) is 2.89. The maximum absolute atomic E-state index is 12.6. The van der Waals surface area contributed by atoms with Gasteiger partial charge in [-0.1, -0.05) is 60.7 Å². The summed E-state index contributed by atoms with van der Waals surface area (Å²) < 4.78 is 0.494. The second kappa shape index (κ2) is 8.55. The summed E-state index contributed by atoms with van der Waals surface area (Å²) in [7, 11) is 0. The van der Waals surface area contributed by atoms with Crippen molar-refractivity contribution in [2.75, 3.05) is 19.6 Å². The highest BCUT2D eigenvalue weighted by atomic mass is 35.5. The molecule has 0 bridgehead atoms. The van der Waals surface area contributed by atoms with Crippen LogP contribution in [0.2, 0.25) is 5.02 Å². The van der Waals surface area contributed by atoms with Crippen molar-refractivity contribution in [2.24, 2.45) is 5.92 Å². The number of piperidine rings is 1. The Morgan fingerprint density at radius 2 is 2.04 bits per heavy atom. The van der Waals surface area contributed by atoms with Gasteiger partial charge in [-0.25, -0.2) is 0 Å². The van der Waals surface area contributed by atoms with Crippen LogP contribution in [-0.4, -0.2) is 45.6 Å². The molecule has 1 aromatic rings. The molecule has 0 N–H and O–H groups in total. The first-order valence-electron chi connectivity index (χ1n) is 8.73. The van der Waals surface area contributed by atoms with Crippen LogP contribution >= 0.6 is 35.6 Å². The number of carbonyl (C=O) groups excluding carboxylic acids is 2. The number of carbonyl (C=O) groups is 2. The van der Waals surface area contributed by atoms with Gasteiger partial charge < -0.3 is 4.90 Å². The van der Waals surface area contributed by atoms with E-state index in [4.69, 9.17) is 23.8 Å². The molecule has 2 fully saturated rings. The molecule has 4 nitrogen and oxygen atoms in total. The molecule has 2 aliphatic rings. The summed E-state index contributed by atoms with van der Waals surface area (Å²) >= 11 is 12.8. The minimum atomic E-state index is -0.153. The van der Waals surface area contributed by atoms with Crippen molar-refractivity contribution in [3.05, 3.63) is 39.8 Å². The molecular weight excluding hydrogens is 388 g/mol. The van der Waals surface area contributed by atoms with Crippen molar-refractivity contribution in [3.63, 3.8) is 0 Å². The third-order valence-corrected chi connectivity index (χ3v) is 6.47. The molecule has 0 atom stereocenters. The number of hydrogen-bond donors (Lipinski definition) is 0. The van der Waals surface area contributed by atoms with Gasteiger partial charge in [0.1, 0.15) is 4.32 Å². The van der Waals surface area contributed by atoms with E-state index >= 15 is 0 Å². The number of amides is 2. The number of rotatable bonds is 4. The molecule has 0 spiro atoms. The highest BCUT2D eigenvalue weighted by Gasteiger charge is 2.32. The summed E-state index contributed by atoms with van der Waals surface area (Å²) in [6.07, 6.45) is 4.16. The van der Waals surface area contributed by atoms with E-state index in [1.165, 1.54) is 16.7 Å². The quantitative estimate of drug-likeness (QED) is 0.553. The molecule has 0 saturated carbocycles. The molecular formula is C19H21ClN2O2S2. The topological polar surface area (TPSA) is 40.6 Å². The monoisotopic (exact) mass is 408 g/mol. The fraction of sp³-hybridized carbons (Fsp3) is 0.421. The number of benzene rings is 1. The molecule has 3 rings (SSSR count). The zero-order valence-electron chi connectivity index (χ0n) is 14.6. The van der Waals surface area contributed by atoms with Crippen LogP contribution in [0.5, 0.6) is 0 Å². The fourth-order valence-electron chi connectivity index (χ4n) is 3.05. The highest BCUT2D eigenvalue weighted by molar-refractivity contribution is 8.26. The lowest BCUT2D eigenvalue weighted by atomic mass is 9.99. The number of thioether (sulfide) groups is 1. The Morgan fingerprint density at radius 3 is 2.73 bits per heavy atom. The molecule has 26 heavy (non-hydrogen) atoms. The lowest BCUT2D eigenvalue weighted by Gasteiger charge is -2.30. The molecule has 2 saturated heterocycles. The second-order valence-corrected chi connectivity index (χ2v) is 8.75. The minimum absolute atomic E-state index is 0.0982. The Kier molecular flexibility index (Phi) is 6.37. The zero-order chi connectivity index (χ0) is 18.7. The maximum atomic E-state index is 12.6. The number of thiocarbonyl (C=S) groups is 1. The minimum Gasteiger partial charge on any atom is -0.343 e. The van der Waals surface area contributed by atoms with Crippen LogP contribution in [0.1, 0.15) is 31.7 Å². The van der Waals surface area contributed by atoms with E-state index in [9.17, 15) is 9.59 Å². The van der Waals surface area contributed by atoms with E-state index in [1.807, 2.05) is 23.1 Å². The SMILES string of the molecule is CC1CCN(C(=O)CCN2C(=O)/C(=C/c3ccccc3Cl)SC2=S)CC1. The van der Waals surface area contributed by atoms with Crippen LogP contribution in [0, 0.1) is 5.92 Å². The standard InChI is InChI=1S/C19H21ClN2O2S2/c1-13-6-9-21(10-7-13)17(23)8-11-22-18(24)16(26-19(22)25)12-14-4-2-3-5-15(14)20/h2-5,12-13H,6-11H2,1H3/b16-12-. The molecule has 2 aliphatic heterocycles. The second-order valence-electron chi connectivity index (χ2n) is 6.67. The summed E-state index contributed by atoms with van der Waals surface area (Å²) in [6, 6.07) is 7.36. The van der Waals surface area contributed by atoms with E-state index in [0.29, 0.717) is 33.1 Å². The van der Waals surface area contributed by atoms with Gasteiger partial charge in [-0.05, 0) is 36.5 Å². The van der Waals surface area contributed by atoms with Crippen molar-refractivity contribution in [1.82, 2.24) is 9.80 Å². The van der Waals surface area contributed by atoms with Crippen molar-refractivity contribution in [2.45, 2.75) is 26.2 Å². The number of halogens is 1. The van der Waals surface area contributed by atoms with Gasteiger partial charge >= 0.3 is 0 Å². The van der Waals surface area contributed by atoms with Crippen LogP contribution in [0.4, 0.5) is 0 Å². The fourth-order valence-corrected chi connectivity index (χ4v) is 4.54. The van der Waals surface area contributed by atoms with E-state index in [-0.39, 0.29) is 11.8 Å². The van der Waals surface area contributed by atoms with E-state index in [2.05, 4.69) is 6.92 Å². The van der Waals surface area contributed by atoms with Gasteiger partial charge in [0.2, 0.25) is 5.91 Å². The van der Waals surface area contributed by atoms with Gasteiger partial charge in [0, 0.05) is 31.1 Å². The van der Waals surface area contributed by atoms with Gasteiger partial charge in [0.25, 0.3) is 5.91 Å². The smallest absolute Gasteiger partial charge is 0.266 e. The Labute approximate surface area is 168 Å². The van der Waals surface area contributed by atoms with Crippen molar-refractivity contribution >= 4 is 57.8 Å². The number of hydrogen-bond acceptors (Lipinski definition) is 4. The van der Waals surface area contributed by atoms with Crippen molar-refractivity contribution in [3.8, 4) is 0 Å². The third-order valence-electron chi connectivity index (χ3n) is 4.75. The third kappa shape index (κ3) is 4.48. The van der Waals surface area contributed by atoms with Gasteiger partial charge in [0.15, 0.2) is 0 Å². The summed E-state index contributed by atoms with van der Waals surface area (Å²) in [5.41, 5.74) is 0.785.